The Bertz CT molecular complexity index is 2120. The molecule has 2 aromatic carbocycles. The zero-order valence-corrected chi connectivity index (χ0v) is 28.5. The predicted octanol–water partition coefficient (Wildman–Crippen LogP) is 7.56. The van der Waals surface area contributed by atoms with Gasteiger partial charge in [0.15, 0.2) is 11.6 Å². The molecule has 4 atom stereocenters. The number of piperidine rings is 1. The lowest BCUT2D eigenvalue weighted by Crippen LogP contribution is -2.46. The number of nitrogens with zero attached hydrogens (tertiary/aromatic N) is 7. The number of carbonyl (C=O) groups is 1. The summed E-state index contributed by atoms with van der Waals surface area (Å²) in [7, 11) is 2.06. The first-order valence-electron chi connectivity index (χ1n) is 16.8. The highest BCUT2D eigenvalue weighted by atomic mass is 19.1. The number of fused-ring (bicyclic) bond motifs is 3. The van der Waals surface area contributed by atoms with Gasteiger partial charge in [-0.05, 0) is 70.3 Å². The summed E-state index contributed by atoms with van der Waals surface area (Å²) >= 11 is 0. The largest absolute Gasteiger partial charge is 0.472 e. The molecule has 0 N–H and O–H groups in total. The fraction of sp³-hybridized carbons (Fsp3) is 0.359. The lowest BCUT2D eigenvalue weighted by atomic mass is 9.91. The van der Waals surface area contributed by atoms with E-state index in [1.54, 1.807) is 49.5 Å². The quantitative estimate of drug-likeness (QED) is 0.133. The van der Waals surface area contributed by atoms with Crippen molar-refractivity contribution in [3.05, 3.63) is 84.1 Å². The molecule has 1 amide bonds. The number of carbonyl (C=O) groups excluding carboxylic acids is 1. The monoisotopic (exact) mass is 675 g/mol. The molecule has 0 aliphatic carbocycles. The number of pyridine rings is 1. The van der Waals surface area contributed by atoms with E-state index < -0.39 is 23.6 Å². The average Bonchev–Trinajstić information content (AvgIpc) is 3.75. The van der Waals surface area contributed by atoms with Gasteiger partial charge in [0.25, 0.3) is 5.91 Å². The number of rotatable bonds is 9. The van der Waals surface area contributed by atoms with Gasteiger partial charge >= 0.3 is 0 Å². The van der Waals surface area contributed by atoms with Crippen LogP contribution in [0.4, 0.5) is 8.78 Å². The van der Waals surface area contributed by atoms with Crippen molar-refractivity contribution in [2.24, 2.45) is 0 Å². The Balaban J connectivity index is 1.55. The van der Waals surface area contributed by atoms with Gasteiger partial charge in [0, 0.05) is 35.1 Å². The summed E-state index contributed by atoms with van der Waals surface area (Å²) in [4.78, 5) is 21.0. The standard InChI is InChI=1S/C39H39F2N7O2/c1-6-7-10-26-11-8-12-29(31(26)21-43)34-23(2)19-30-36(35(34)41)45-38(50-25(4)33-13-9-17-46(33)5)32-22-44-48(37(30)32)28-15-18-47(39(49)24(3)40)27(20-28)14-16-42/h6-8,10-12,19,22,25,27-28,33H,1,3,9,13-15,17-18,20H2,2,4-5H3/b10-7-/t25-,27+,28-,33-/m0/s1. The van der Waals surface area contributed by atoms with Crippen LogP contribution in [0.25, 0.3) is 39.0 Å². The number of benzene rings is 2. The van der Waals surface area contributed by atoms with E-state index in [4.69, 9.17) is 14.8 Å². The van der Waals surface area contributed by atoms with Crippen LogP contribution in [0, 0.1) is 35.4 Å². The molecule has 6 rings (SSSR count). The zero-order chi connectivity index (χ0) is 35.7. The predicted molar refractivity (Wildman–Crippen MR) is 189 cm³/mol. The van der Waals surface area contributed by atoms with Crippen molar-refractivity contribution in [3.63, 3.8) is 0 Å². The first-order valence-corrected chi connectivity index (χ1v) is 16.8. The van der Waals surface area contributed by atoms with Crippen LogP contribution in [0.5, 0.6) is 5.88 Å². The number of likely N-dealkylation sites (tertiary alicyclic amines) is 2. The number of nitriles is 2. The van der Waals surface area contributed by atoms with Crippen LogP contribution in [0.1, 0.15) is 61.8 Å². The lowest BCUT2D eigenvalue weighted by molar-refractivity contribution is -0.132. The molecular weight excluding hydrogens is 636 g/mol. The maximum Gasteiger partial charge on any atom is 0.282 e. The van der Waals surface area contributed by atoms with E-state index in [9.17, 15) is 19.7 Å². The van der Waals surface area contributed by atoms with Crippen molar-refractivity contribution in [1.29, 1.82) is 10.5 Å². The molecule has 2 aliphatic heterocycles. The van der Waals surface area contributed by atoms with Crippen LogP contribution >= 0.6 is 0 Å². The smallest absolute Gasteiger partial charge is 0.282 e. The van der Waals surface area contributed by atoms with Crippen LogP contribution in [-0.4, -0.2) is 68.8 Å². The third-order valence-electron chi connectivity index (χ3n) is 10.1. The molecule has 0 spiro atoms. The summed E-state index contributed by atoms with van der Waals surface area (Å²) in [6, 6.07) is 10.9. The summed E-state index contributed by atoms with van der Waals surface area (Å²) in [5.74, 6) is -2.23. The Kier molecular flexibility index (Phi) is 9.81. The number of amides is 1. The minimum Gasteiger partial charge on any atom is -0.472 e. The normalized spacial score (nSPS) is 20.2. The van der Waals surface area contributed by atoms with Gasteiger partial charge in [-0.2, -0.15) is 15.6 Å². The third-order valence-corrected chi connectivity index (χ3v) is 10.1. The number of aromatic nitrogens is 3. The van der Waals surface area contributed by atoms with Crippen molar-refractivity contribution >= 4 is 33.8 Å². The molecule has 2 saturated heterocycles. The van der Waals surface area contributed by atoms with E-state index in [1.807, 2.05) is 17.7 Å². The maximum absolute atomic E-state index is 17.2. The third kappa shape index (κ3) is 6.14. The molecule has 0 radical (unpaired) electrons. The second kappa shape index (κ2) is 14.2. The minimum absolute atomic E-state index is 0.0111. The van der Waals surface area contributed by atoms with Crippen molar-refractivity contribution in [3.8, 4) is 29.1 Å². The van der Waals surface area contributed by atoms with E-state index in [1.165, 1.54) is 4.90 Å². The second-order valence-electron chi connectivity index (χ2n) is 13.1. The van der Waals surface area contributed by atoms with Crippen molar-refractivity contribution in [2.45, 2.75) is 70.2 Å². The first kappa shape index (κ1) is 34.5. The number of aryl methyl sites for hydroxylation is 1. The highest BCUT2D eigenvalue weighted by Crippen LogP contribution is 2.42. The SMILES string of the molecule is C=C/C=C\c1cccc(-c2c(C)cc3c(nc(O[C@@H](C)[C@@H]4CCCN4C)c4cnn([C@H]5CCN(C(=O)C(=C)F)[C@H](CC#N)C5)c43)c2F)c1C#N. The Morgan fingerprint density at radius 3 is 2.72 bits per heavy atom. The molecule has 9 nitrogen and oxygen atoms in total. The number of halogens is 2. The fourth-order valence-corrected chi connectivity index (χ4v) is 7.67. The highest BCUT2D eigenvalue weighted by molar-refractivity contribution is 6.07. The van der Waals surface area contributed by atoms with Gasteiger partial charge in [0.1, 0.15) is 17.7 Å². The van der Waals surface area contributed by atoms with Gasteiger partial charge in [0.05, 0.1) is 41.2 Å². The molecule has 2 fully saturated rings. The summed E-state index contributed by atoms with van der Waals surface area (Å²) in [6.45, 7) is 11.8. The van der Waals surface area contributed by atoms with Crippen LogP contribution < -0.4 is 4.74 Å². The molecule has 256 valence electrons. The van der Waals surface area contributed by atoms with Gasteiger partial charge < -0.3 is 9.64 Å². The van der Waals surface area contributed by atoms with E-state index >= 15 is 4.39 Å². The Morgan fingerprint density at radius 2 is 2.04 bits per heavy atom. The average molecular weight is 676 g/mol. The zero-order valence-electron chi connectivity index (χ0n) is 28.5. The van der Waals surface area contributed by atoms with Gasteiger partial charge in [0.2, 0.25) is 5.88 Å². The van der Waals surface area contributed by atoms with Crippen molar-refractivity contribution in [2.75, 3.05) is 20.1 Å². The van der Waals surface area contributed by atoms with Gasteiger partial charge in [-0.1, -0.05) is 49.6 Å². The summed E-state index contributed by atoms with van der Waals surface area (Å²) in [5, 5.41) is 25.7. The number of hydrogen-bond donors (Lipinski definition) is 0. The maximum atomic E-state index is 17.2. The van der Waals surface area contributed by atoms with Gasteiger partial charge in [-0.25, -0.2) is 13.8 Å². The van der Waals surface area contributed by atoms with Crippen molar-refractivity contribution < 1.29 is 18.3 Å². The molecule has 4 aromatic rings. The lowest BCUT2D eigenvalue weighted by Gasteiger charge is -2.38. The van der Waals surface area contributed by atoms with E-state index in [0.717, 1.165) is 19.4 Å². The van der Waals surface area contributed by atoms with E-state index in [0.29, 0.717) is 51.4 Å². The molecule has 0 saturated carbocycles. The molecule has 0 bridgehead atoms. The molecule has 2 aromatic heterocycles. The Hall–Kier alpha value is -5.39. The van der Waals surface area contributed by atoms with Crippen molar-refractivity contribution in [1.82, 2.24) is 24.6 Å². The number of likely N-dealkylation sites (N-methyl/N-ethyl adjacent to an activating group) is 1. The highest BCUT2D eigenvalue weighted by Gasteiger charge is 2.36. The number of ether oxygens (including phenoxy) is 1. The molecule has 0 unspecified atom stereocenters. The number of allylic oxidation sites excluding steroid dienone is 2. The van der Waals surface area contributed by atoms with Crippen LogP contribution in [0.15, 0.2) is 61.6 Å². The number of hydrogen-bond acceptors (Lipinski definition) is 7. The van der Waals surface area contributed by atoms with Crippen LogP contribution in [0.3, 0.4) is 0 Å². The summed E-state index contributed by atoms with van der Waals surface area (Å²) in [6.07, 6.45) is 9.30. The van der Waals surface area contributed by atoms with E-state index in [-0.39, 0.29) is 48.1 Å². The topological polar surface area (TPSA) is 111 Å². The molecule has 4 heterocycles. The van der Waals surface area contributed by atoms with E-state index in [2.05, 4.69) is 37.2 Å². The molecule has 2 aliphatic rings. The van der Waals surface area contributed by atoms with Gasteiger partial charge in [-0.3, -0.25) is 14.4 Å². The molecule has 11 heteroatoms. The second-order valence-corrected chi connectivity index (χ2v) is 13.1. The summed E-state index contributed by atoms with van der Waals surface area (Å²) in [5.41, 5.74) is 2.97. The Labute approximate surface area is 290 Å². The van der Waals surface area contributed by atoms with Crippen LogP contribution in [-0.2, 0) is 4.79 Å². The molecular formula is C39H39F2N7O2. The fourth-order valence-electron chi connectivity index (χ4n) is 7.67. The van der Waals surface area contributed by atoms with Crippen LogP contribution in [0.2, 0.25) is 0 Å². The molecule has 50 heavy (non-hydrogen) atoms. The summed E-state index contributed by atoms with van der Waals surface area (Å²) < 4.78 is 39.5. The van der Waals surface area contributed by atoms with Gasteiger partial charge in [-0.15, -0.1) is 0 Å². The first-order chi connectivity index (χ1) is 24.1. The Morgan fingerprint density at radius 1 is 1.24 bits per heavy atom. The minimum atomic E-state index is -1.07.